The third-order valence-corrected chi connectivity index (χ3v) is 4.20. The quantitative estimate of drug-likeness (QED) is 0.686. The third kappa shape index (κ3) is 3.33. The van der Waals surface area contributed by atoms with E-state index >= 15 is 0 Å². The molecule has 114 valence electrons. The first kappa shape index (κ1) is 15.7. The number of halogens is 1. The Bertz CT molecular complexity index is 564. The van der Waals surface area contributed by atoms with E-state index in [4.69, 9.17) is 17.3 Å². The van der Waals surface area contributed by atoms with E-state index in [1.54, 1.807) is 4.90 Å². The van der Waals surface area contributed by atoms with Crippen molar-refractivity contribution in [2.45, 2.75) is 25.8 Å². The van der Waals surface area contributed by atoms with Gasteiger partial charge in [-0.2, -0.15) is 0 Å². The van der Waals surface area contributed by atoms with E-state index in [1.165, 1.54) is 18.2 Å². The highest BCUT2D eigenvalue weighted by molar-refractivity contribution is 6.31. The molecule has 2 unspecified atom stereocenters. The Kier molecular flexibility index (Phi) is 4.80. The maximum atomic E-state index is 12.6. The molecule has 1 heterocycles. The molecule has 21 heavy (non-hydrogen) atoms. The summed E-state index contributed by atoms with van der Waals surface area (Å²) in [7, 11) is 0. The van der Waals surface area contributed by atoms with Gasteiger partial charge in [-0.1, -0.05) is 11.6 Å². The van der Waals surface area contributed by atoms with E-state index < -0.39 is 4.92 Å². The molecule has 6 nitrogen and oxygen atoms in total. The highest BCUT2D eigenvalue weighted by Crippen LogP contribution is 2.28. The topological polar surface area (TPSA) is 89.5 Å². The van der Waals surface area contributed by atoms with Gasteiger partial charge in [0.2, 0.25) is 0 Å². The lowest BCUT2D eigenvalue weighted by molar-refractivity contribution is -0.385. The van der Waals surface area contributed by atoms with Crippen molar-refractivity contribution in [1.29, 1.82) is 0 Å². The SMILES string of the molecule is CC1CCC(CN)CN1C(=O)c1ccc(Cl)cc1[N+](=O)[O-]. The molecule has 1 aromatic carbocycles. The average Bonchev–Trinajstić information content (AvgIpc) is 2.47. The number of hydrogen-bond acceptors (Lipinski definition) is 4. The molecule has 0 saturated carbocycles. The summed E-state index contributed by atoms with van der Waals surface area (Å²) >= 11 is 5.78. The first-order chi connectivity index (χ1) is 9.93. The van der Waals surface area contributed by atoms with Gasteiger partial charge in [-0.05, 0) is 44.4 Å². The van der Waals surface area contributed by atoms with Crippen molar-refractivity contribution in [2.24, 2.45) is 11.7 Å². The fourth-order valence-corrected chi connectivity index (χ4v) is 2.82. The van der Waals surface area contributed by atoms with E-state index in [-0.39, 0.29) is 34.1 Å². The van der Waals surface area contributed by atoms with E-state index in [0.29, 0.717) is 13.1 Å². The summed E-state index contributed by atoms with van der Waals surface area (Å²) in [6.07, 6.45) is 1.83. The van der Waals surface area contributed by atoms with Crippen LogP contribution in [0.4, 0.5) is 5.69 Å². The van der Waals surface area contributed by atoms with E-state index in [0.717, 1.165) is 12.8 Å². The summed E-state index contributed by atoms with van der Waals surface area (Å²) in [5.74, 6) is -0.0828. The Hall–Kier alpha value is -1.66. The second-order valence-corrected chi connectivity index (χ2v) is 5.84. The number of hydrogen-bond donors (Lipinski definition) is 1. The van der Waals surface area contributed by atoms with Crippen LogP contribution >= 0.6 is 11.6 Å². The second kappa shape index (κ2) is 6.41. The Morgan fingerprint density at radius 3 is 2.86 bits per heavy atom. The van der Waals surface area contributed by atoms with Gasteiger partial charge in [-0.25, -0.2) is 0 Å². The number of nitrogens with two attached hydrogens (primary N) is 1. The van der Waals surface area contributed by atoms with Crippen molar-refractivity contribution in [1.82, 2.24) is 4.90 Å². The number of nitrogens with zero attached hydrogens (tertiary/aromatic N) is 2. The van der Waals surface area contributed by atoms with Crippen molar-refractivity contribution in [3.05, 3.63) is 38.9 Å². The molecule has 2 N–H and O–H groups in total. The Balaban J connectivity index is 2.32. The van der Waals surface area contributed by atoms with Gasteiger partial charge in [0.05, 0.1) is 4.92 Å². The van der Waals surface area contributed by atoms with Gasteiger partial charge in [-0.3, -0.25) is 14.9 Å². The molecule has 1 amide bonds. The summed E-state index contributed by atoms with van der Waals surface area (Å²) < 4.78 is 0. The van der Waals surface area contributed by atoms with Crippen molar-refractivity contribution >= 4 is 23.2 Å². The minimum Gasteiger partial charge on any atom is -0.335 e. The molecule has 1 aromatic rings. The number of benzene rings is 1. The molecule has 2 atom stereocenters. The molecule has 1 aliphatic rings. The van der Waals surface area contributed by atoms with Crippen LogP contribution in [0.15, 0.2) is 18.2 Å². The van der Waals surface area contributed by atoms with Crippen molar-refractivity contribution < 1.29 is 9.72 Å². The van der Waals surface area contributed by atoms with Gasteiger partial charge in [0.1, 0.15) is 5.56 Å². The molecular formula is C14H18ClN3O3. The summed E-state index contributed by atoms with van der Waals surface area (Å²) in [6, 6.07) is 4.18. The fraction of sp³-hybridized carbons (Fsp3) is 0.500. The lowest BCUT2D eigenvalue weighted by Crippen LogP contribution is -2.47. The van der Waals surface area contributed by atoms with Gasteiger partial charge < -0.3 is 10.6 Å². The van der Waals surface area contributed by atoms with Crippen LogP contribution in [0, 0.1) is 16.0 Å². The molecule has 1 saturated heterocycles. The first-order valence-electron chi connectivity index (χ1n) is 6.89. The molecule has 1 fully saturated rings. The number of nitro groups is 1. The fourth-order valence-electron chi connectivity index (χ4n) is 2.65. The highest BCUT2D eigenvalue weighted by Gasteiger charge is 2.32. The number of rotatable bonds is 3. The van der Waals surface area contributed by atoms with E-state index in [2.05, 4.69) is 0 Å². The Morgan fingerprint density at radius 2 is 2.24 bits per heavy atom. The van der Waals surface area contributed by atoms with Crippen LogP contribution < -0.4 is 5.73 Å². The van der Waals surface area contributed by atoms with Crippen LogP contribution in [-0.2, 0) is 0 Å². The minimum atomic E-state index is -0.575. The van der Waals surface area contributed by atoms with Gasteiger partial charge >= 0.3 is 0 Å². The summed E-state index contributed by atoms with van der Waals surface area (Å²) in [6.45, 7) is 3.00. The summed E-state index contributed by atoms with van der Waals surface area (Å²) in [4.78, 5) is 24.9. The molecule has 2 rings (SSSR count). The smallest absolute Gasteiger partial charge is 0.283 e. The Morgan fingerprint density at radius 1 is 1.52 bits per heavy atom. The van der Waals surface area contributed by atoms with Crippen LogP contribution in [0.3, 0.4) is 0 Å². The zero-order valence-electron chi connectivity index (χ0n) is 11.8. The standard InChI is InChI=1S/C14H18ClN3O3/c1-9-2-3-10(7-16)8-17(9)14(19)12-5-4-11(15)6-13(12)18(20)21/h4-6,9-10H,2-3,7-8,16H2,1H3. The van der Waals surface area contributed by atoms with Crippen molar-refractivity contribution in [3.8, 4) is 0 Å². The number of carbonyl (C=O) groups excluding carboxylic acids is 1. The molecular weight excluding hydrogens is 294 g/mol. The van der Waals surface area contributed by atoms with Crippen molar-refractivity contribution in [2.75, 3.05) is 13.1 Å². The lowest BCUT2D eigenvalue weighted by Gasteiger charge is -2.37. The van der Waals surface area contributed by atoms with Gasteiger partial charge in [0, 0.05) is 23.7 Å². The largest absolute Gasteiger partial charge is 0.335 e. The third-order valence-electron chi connectivity index (χ3n) is 3.96. The van der Waals surface area contributed by atoms with Gasteiger partial charge in [-0.15, -0.1) is 0 Å². The van der Waals surface area contributed by atoms with Crippen LogP contribution in [-0.4, -0.2) is 34.9 Å². The first-order valence-corrected chi connectivity index (χ1v) is 7.26. The molecule has 1 aliphatic heterocycles. The molecule has 0 radical (unpaired) electrons. The monoisotopic (exact) mass is 311 g/mol. The van der Waals surface area contributed by atoms with Crippen LogP contribution in [0.2, 0.25) is 5.02 Å². The molecule has 0 aromatic heterocycles. The number of amides is 1. The average molecular weight is 312 g/mol. The van der Waals surface area contributed by atoms with Gasteiger partial charge in [0.25, 0.3) is 11.6 Å². The normalized spacial score (nSPS) is 22.1. The van der Waals surface area contributed by atoms with Crippen molar-refractivity contribution in [3.63, 3.8) is 0 Å². The minimum absolute atomic E-state index is 0.0515. The molecule has 7 heteroatoms. The number of nitro benzene ring substituents is 1. The van der Waals surface area contributed by atoms with Crippen LogP contribution in [0.5, 0.6) is 0 Å². The zero-order valence-corrected chi connectivity index (χ0v) is 12.5. The van der Waals surface area contributed by atoms with E-state index in [1.807, 2.05) is 6.92 Å². The van der Waals surface area contributed by atoms with Crippen LogP contribution in [0.25, 0.3) is 0 Å². The number of carbonyl (C=O) groups is 1. The Labute approximate surface area is 128 Å². The zero-order chi connectivity index (χ0) is 15.6. The lowest BCUT2D eigenvalue weighted by atomic mass is 9.93. The predicted octanol–water partition coefficient (Wildman–Crippen LogP) is 2.45. The molecule has 0 spiro atoms. The van der Waals surface area contributed by atoms with Gasteiger partial charge in [0.15, 0.2) is 0 Å². The van der Waals surface area contributed by atoms with Crippen LogP contribution in [0.1, 0.15) is 30.1 Å². The number of piperidine rings is 1. The summed E-state index contributed by atoms with van der Waals surface area (Å²) in [5, 5.41) is 11.4. The maximum absolute atomic E-state index is 12.6. The number of likely N-dealkylation sites (tertiary alicyclic amines) is 1. The molecule has 0 bridgehead atoms. The highest BCUT2D eigenvalue weighted by atomic mass is 35.5. The maximum Gasteiger partial charge on any atom is 0.283 e. The van der Waals surface area contributed by atoms with E-state index in [9.17, 15) is 14.9 Å². The predicted molar refractivity (Wildman–Crippen MR) is 80.4 cm³/mol. The molecule has 0 aliphatic carbocycles. The summed E-state index contributed by atoms with van der Waals surface area (Å²) in [5.41, 5.74) is 5.51. The second-order valence-electron chi connectivity index (χ2n) is 5.40.